The van der Waals surface area contributed by atoms with Gasteiger partial charge in [0.05, 0.1) is 11.3 Å². The average molecular weight is 446 g/mol. The van der Waals surface area contributed by atoms with E-state index in [4.69, 9.17) is 16.6 Å². The van der Waals surface area contributed by atoms with Gasteiger partial charge in [-0.2, -0.15) is 0 Å². The average Bonchev–Trinajstić information content (AvgIpc) is 3.22. The molecule has 0 aliphatic carbocycles. The SMILES string of the molecule is Cc1ccc(C)c(N2C(=O)/C(=C/c3ccc(-c4ccccc4C(=O)O)o3)C(=O)NC2=S)c1. The van der Waals surface area contributed by atoms with E-state index < -0.39 is 17.8 Å². The van der Waals surface area contributed by atoms with Crippen LogP contribution < -0.4 is 10.2 Å². The van der Waals surface area contributed by atoms with Crippen molar-refractivity contribution in [3.05, 3.63) is 82.6 Å². The van der Waals surface area contributed by atoms with E-state index in [9.17, 15) is 19.5 Å². The van der Waals surface area contributed by atoms with E-state index >= 15 is 0 Å². The predicted octanol–water partition coefficient (Wildman–Crippen LogP) is 4.09. The van der Waals surface area contributed by atoms with Crippen molar-refractivity contribution < 1.29 is 23.9 Å². The normalized spacial score (nSPS) is 15.2. The number of amides is 2. The van der Waals surface area contributed by atoms with E-state index in [2.05, 4.69) is 5.32 Å². The van der Waals surface area contributed by atoms with Crippen LogP contribution in [0, 0.1) is 13.8 Å². The number of thiocarbonyl (C=S) groups is 1. The van der Waals surface area contributed by atoms with Gasteiger partial charge in [-0.05, 0) is 67.5 Å². The van der Waals surface area contributed by atoms with E-state index in [0.717, 1.165) is 11.1 Å². The van der Waals surface area contributed by atoms with Gasteiger partial charge in [-0.1, -0.05) is 30.3 Å². The van der Waals surface area contributed by atoms with E-state index in [1.165, 1.54) is 17.0 Å². The number of nitrogens with zero attached hydrogens (tertiary/aromatic N) is 1. The number of hydrogen-bond donors (Lipinski definition) is 2. The molecule has 4 rings (SSSR count). The van der Waals surface area contributed by atoms with Crippen molar-refractivity contribution in [2.75, 3.05) is 4.90 Å². The minimum atomic E-state index is -1.09. The van der Waals surface area contributed by atoms with Crippen LogP contribution in [0.25, 0.3) is 17.4 Å². The molecule has 8 heteroatoms. The Balaban J connectivity index is 1.72. The highest BCUT2D eigenvalue weighted by Crippen LogP contribution is 2.29. The zero-order valence-electron chi connectivity index (χ0n) is 17.2. The van der Waals surface area contributed by atoms with Gasteiger partial charge in [0.25, 0.3) is 11.8 Å². The molecule has 2 heterocycles. The second-order valence-corrected chi connectivity index (χ2v) is 7.69. The third-order valence-electron chi connectivity index (χ3n) is 5.04. The Hall–Kier alpha value is -4.04. The van der Waals surface area contributed by atoms with Crippen LogP contribution in [0.4, 0.5) is 5.69 Å². The van der Waals surface area contributed by atoms with Gasteiger partial charge in [0.15, 0.2) is 5.11 Å². The maximum absolute atomic E-state index is 13.2. The molecule has 1 saturated heterocycles. The highest BCUT2D eigenvalue weighted by Gasteiger charge is 2.35. The summed E-state index contributed by atoms with van der Waals surface area (Å²) in [6.07, 6.45) is 1.32. The summed E-state index contributed by atoms with van der Waals surface area (Å²) in [5, 5.41) is 11.9. The molecule has 1 aliphatic rings. The van der Waals surface area contributed by atoms with Crippen molar-refractivity contribution in [2.24, 2.45) is 0 Å². The summed E-state index contributed by atoms with van der Waals surface area (Å²) in [5.41, 5.74) is 2.68. The molecule has 2 amide bonds. The number of furan rings is 1. The Morgan fingerprint density at radius 3 is 2.59 bits per heavy atom. The molecule has 1 aliphatic heterocycles. The zero-order chi connectivity index (χ0) is 23.0. The number of carboxylic acid groups (broad SMARTS) is 1. The number of anilines is 1. The van der Waals surface area contributed by atoms with Gasteiger partial charge in [0.2, 0.25) is 0 Å². The van der Waals surface area contributed by atoms with Gasteiger partial charge in [-0.15, -0.1) is 0 Å². The van der Waals surface area contributed by atoms with Crippen molar-refractivity contribution in [1.29, 1.82) is 0 Å². The Morgan fingerprint density at radius 1 is 1.09 bits per heavy atom. The third kappa shape index (κ3) is 3.83. The van der Waals surface area contributed by atoms with Crippen LogP contribution in [0.15, 0.2) is 64.6 Å². The largest absolute Gasteiger partial charge is 0.478 e. The standard InChI is InChI=1S/C24H18N2O5S/c1-13-7-8-14(2)19(11-13)26-22(28)18(21(27)25-24(26)32)12-15-9-10-20(31-15)16-5-3-4-6-17(16)23(29)30/h3-12H,1-2H3,(H,29,30)(H,25,27,32)/b18-12+. The van der Waals surface area contributed by atoms with Crippen LogP contribution in [0.3, 0.4) is 0 Å². The molecule has 0 radical (unpaired) electrons. The van der Waals surface area contributed by atoms with Crippen LogP contribution in [-0.4, -0.2) is 28.0 Å². The van der Waals surface area contributed by atoms with Crippen LogP contribution in [0.5, 0.6) is 0 Å². The topological polar surface area (TPSA) is 99.8 Å². The Bertz CT molecular complexity index is 1320. The first-order valence-electron chi connectivity index (χ1n) is 9.67. The molecule has 0 bridgehead atoms. The van der Waals surface area contributed by atoms with Crippen molar-refractivity contribution in [2.45, 2.75) is 13.8 Å². The second-order valence-electron chi connectivity index (χ2n) is 7.30. The highest BCUT2D eigenvalue weighted by molar-refractivity contribution is 7.80. The summed E-state index contributed by atoms with van der Waals surface area (Å²) < 4.78 is 5.75. The lowest BCUT2D eigenvalue weighted by Gasteiger charge is -2.30. The molecule has 0 unspecified atom stereocenters. The monoisotopic (exact) mass is 446 g/mol. The van der Waals surface area contributed by atoms with Gasteiger partial charge in [0.1, 0.15) is 17.1 Å². The van der Waals surface area contributed by atoms with Gasteiger partial charge in [0, 0.05) is 5.56 Å². The second kappa shape index (κ2) is 8.24. The number of carbonyl (C=O) groups is 3. The van der Waals surface area contributed by atoms with Crippen LogP contribution >= 0.6 is 12.2 Å². The molecular weight excluding hydrogens is 428 g/mol. The first-order chi connectivity index (χ1) is 15.3. The van der Waals surface area contributed by atoms with Gasteiger partial charge < -0.3 is 9.52 Å². The van der Waals surface area contributed by atoms with Gasteiger partial charge in [-0.3, -0.25) is 19.8 Å². The number of rotatable bonds is 4. The smallest absolute Gasteiger partial charge is 0.336 e. The van der Waals surface area contributed by atoms with Crippen molar-refractivity contribution >= 4 is 46.9 Å². The summed E-state index contributed by atoms with van der Waals surface area (Å²) in [5.74, 6) is -1.76. The Labute approximate surface area is 189 Å². The van der Waals surface area contributed by atoms with Gasteiger partial charge >= 0.3 is 5.97 Å². The molecule has 3 aromatic rings. The number of aromatic carboxylic acids is 1. The fraction of sp³-hybridized carbons (Fsp3) is 0.0833. The minimum Gasteiger partial charge on any atom is -0.478 e. The van der Waals surface area contributed by atoms with Crippen LogP contribution in [0.1, 0.15) is 27.2 Å². The molecule has 160 valence electrons. The van der Waals surface area contributed by atoms with Crippen molar-refractivity contribution in [3.8, 4) is 11.3 Å². The summed E-state index contributed by atoms with van der Waals surface area (Å²) >= 11 is 5.26. The van der Waals surface area contributed by atoms with E-state index in [1.807, 2.05) is 32.0 Å². The quantitative estimate of drug-likeness (QED) is 0.356. The number of nitrogens with one attached hydrogen (secondary N) is 1. The number of hydrogen-bond acceptors (Lipinski definition) is 5. The number of aryl methyl sites for hydroxylation is 2. The molecule has 1 fully saturated rings. The van der Waals surface area contributed by atoms with E-state index in [-0.39, 0.29) is 22.0 Å². The van der Waals surface area contributed by atoms with E-state index in [1.54, 1.807) is 30.3 Å². The fourth-order valence-electron chi connectivity index (χ4n) is 3.44. The summed E-state index contributed by atoms with van der Waals surface area (Å²) in [7, 11) is 0. The van der Waals surface area contributed by atoms with Crippen molar-refractivity contribution in [3.63, 3.8) is 0 Å². The lowest BCUT2D eigenvalue weighted by Crippen LogP contribution is -2.54. The molecule has 1 aromatic heterocycles. The molecule has 0 atom stereocenters. The number of carbonyl (C=O) groups excluding carboxylic acids is 2. The lowest BCUT2D eigenvalue weighted by atomic mass is 10.1. The van der Waals surface area contributed by atoms with Gasteiger partial charge in [-0.25, -0.2) is 4.79 Å². The summed E-state index contributed by atoms with van der Waals surface area (Å²) in [4.78, 5) is 38.5. The van der Waals surface area contributed by atoms with Crippen LogP contribution in [-0.2, 0) is 9.59 Å². The summed E-state index contributed by atoms with van der Waals surface area (Å²) in [6.45, 7) is 3.75. The summed E-state index contributed by atoms with van der Waals surface area (Å²) in [6, 6.07) is 15.2. The first-order valence-corrected chi connectivity index (χ1v) is 10.1. The molecule has 32 heavy (non-hydrogen) atoms. The minimum absolute atomic E-state index is 0.00127. The molecule has 0 saturated carbocycles. The maximum Gasteiger partial charge on any atom is 0.336 e. The lowest BCUT2D eigenvalue weighted by molar-refractivity contribution is -0.122. The molecule has 0 spiro atoms. The Morgan fingerprint density at radius 2 is 1.84 bits per heavy atom. The predicted molar refractivity (Wildman–Crippen MR) is 123 cm³/mol. The first kappa shape index (κ1) is 21.2. The fourth-order valence-corrected chi connectivity index (χ4v) is 3.71. The molecule has 7 nitrogen and oxygen atoms in total. The maximum atomic E-state index is 13.2. The number of carboxylic acids is 1. The number of benzene rings is 2. The van der Waals surface area contributed by atoms with E-state index in [0.29, 0.717) is 17.0 Å². The third-order valence-corrected chi connectivity index (χ3v) is 5.33. The molecular formula is C24H18N2O5S. The molecule has 2 aromatic carbocycles. The van der Waals surface area contributed by atoms with Crippen LogP contribution in [0.2, 0.25) is 0 Å². The van der Waals surface area contributed by atoms with Crippen molar-refractivity contribution in [1.82, 2.24) is 5.32 Å². The Kier molecular flexibility index (Phi) is 5.46. The highest BCUT2D eigenvalue weighted by atomic mass is 32.1. The molecule has 2 N–H and O–H groups in total. The zero-order valence-corrected chi connectivity index (χ0v) is 18.0.